The quantitative estimate of drug-likeness (QED) is 0.439. The monoisotopic (exact) mass is 336 g/mol. The topological polar surface area (TPSA) is 36.9 Å². The lowest BCUT2D eigenvalue weighted by Gasteiger charge is -2.32. The Balaban J connectivity index is 4.62. The highest BCUT2D eigenvalue weighted by Crippen LogP contribution is 2.27. The van der Waals surface area contributed by atoms with Crippen LogP contribution in [0.4, 0.5) is 0 Å². The van der Waals surface area contributed by atoms with Crippen molar-refractivity contribution < 1.29 is 17.7 Å². The van der Waals surface area contributed by atoms with Crippen LogP contribution in [0.2, 0.25) is 24.2 Å². The SMILES string of the molecule is CCO[Si](CC)(CCC[Si](CC)(OCC)OCC)OCC. The maximum atomic E-state index is 6.04. The summed E-state index contributed by atoms with van der Waals surface area (Å²) in [5.41, 5.74) is 0. The van der Waals surface area contributed by atoms with Gasteiger partial charge in [-0.05, 0) is 58.3 Å². The molecule has 4 nitrogen and oxygen atoms in total. The van der Waals surface area contributed by atoms with Gasteiger partial charge in [-0.25, -0.2) is 0 Å². The fourth-order valence-corrected chi connectivity index (χ4v) is 8.97. The van der Waals surface area contributed by atoms with E-state index in [4.69, 9.17) is 17.7 Å². The van der Waals surface area contributed by atoms with E-state index < -0.39 is 17.1 Å². The fourth-order valence-electron chi connectivity index (χ4n) is 2.81. The largest absolute Gasteiger partial charge is 0.394 e. The molecule has 0 radical (unpaired) electrons. The lowest BCUT2D eigenvalue weighted by molar-refractivity contribution is 0.177. The molecular formula is C15H36O4Si2. The number of hydrogen-bond acceptors (Lipinski definition) is 4. The van der Waals surface area contributed by atoms with Gasteiger partial charge < -0.3 is 17.7 Å². The van der Waals surface area contributed by atoms with Gasteiger partial charge in [-0.3, -0.25) is 0 Å². The molecule has 0 rings (SSSR count). The van der Waals surface area contributed by atoms with Gasteiger partial charge >= 0.3 is 17.1 Å². The van der Waals surface area contributed by atoms with Gasteiger partial charge in [-0.15, -0.1) is 0 Å². The average molecular weight is 337 g/mol. The summed E-state index contributed by atoms with van der Waals surface area (Å²) in [5, 5.41) is 0. The second-order valence-electron chi connectivity index (χ2n) is 5.11. The summed E-state index contributed by atoms with van der Waals surface area (Å²) in [7, 11) is -4.03. The Morgan fingerprint density at radius 2 is 0.810 bits per heavy atom. The zero-order valence-corrected chi connectivity index (χ0v) is 17.0. The second kappa shape index (κ2) is 11.8. The fraction of sp³-hybridized carbons (Fsp3) is 1.00. The summed E-state index contributed by atoms with van der Waals surface area (Å²) in [5.74, 6) is 0. The first kappa shape index (κ1) is 21.3. The van der Waals surface area contributed by atoms with Crippen molar-refractivity contribution in [3.8, 4) is 0 Å². The highest BCUT2D eigenvalue weighted by molar-refractivity contribution is 6.69. The Morgan fingerprint density at radius 1 is 0.524 bits per heavy atom. The van der Waals surface area contributed by atoms with Crippen LogP contribution in [0.5, 0.6) is 0 Å². The molecule has 0 spiro atoms. The summed E-state index contributed by atoms with van der Waals surface area (Å²) in [6.07, 6.45) is 1.08. The molecule has 21 heavy (non-hydrogen) atoms. The summed E-state index contributed by atoms with van der Waals surface area (Å²) in [4.78, 5) is 0. The molecule has 0 fully saturated rings. The lowest BCUT2D eigenvalue weighted by atomic mass is 10.6. The van der Waals surface area contributed by atoms with Crippen LogP contribution < -0.4 is 0 Å². The predicted octanol–water partition coefficient (Wildman–Crippen LogP) is 4.45. The maximum absolute atomic E-state index is 6.04. The van der Waals surface area contributed by atoms with E-state index in [2.05, 4.69) is 41.5 Å². The third-order valence-corrected chi connectivity index (χ3v) is 11.5. The van der Waals surface area contributed by atoms with Crippen molar-refractivity contribution in [2.45, 2.75) is 72.1 Å². The van der Waals surface area contributed by atoms with E-state index in [1.807, 2.05) is 0 Å². The van der Waals surface area contributed by atoms with Crippen molar-refractivity contribution in [3.63, 3.8) is 0 Å². The number of rotatable bonds is 14. The summed E-state index contributed by atoms with van der Waals surface area (Å²) < 4.78 is 24.2. The second-order valence-corrected chi connectivity index (χ2v) is 12.3. The van der Waals surface area contributed by atoms with Crippen LogP contribution in [0.25, 0.3) is 0 Å². The Bertz CT molecular complexity index is 216. The maximum Gasteiger partial charge on any atom is 0.337 e. The summed E-state index contributed by atoms with van der Waals surface area (Å²) in [6, 6.07) is 4.11. The first-order valence-corrected chi connectivity index (χ1v) is 13.1. The molecule has 0 aromatic heterocycles. The van der Waals surface area contributed by atoms with Crippen molar-refractivity contribution in [2.24, 2.45) is 0 Å². The van der Waals surface area contributed by atoms with Crippen LogP contribution in [-0.2, 0) is 17.7 Å². The van der Waals surface area contributed by atoms with Crippen LogP contribution in [0.3, 0.4) is 0 Å². The van der Waals surface area contributed by atoms with Crippen molar-refractivity contribution in [1.29, 1.82) is 0 Å². The van der Waals surface area contributed by atoms with Gasteiger partial charge in [-0.2, -0.15) is 0 Å². The van der Waals surface area contributed by atoms with Gasteiger partial charge in [0.1, 0.15) is 0 Å². The minimum absolute atomic E-state index is 0.743. The zero-order valence-electron chi connectivity index (χ0n) is 15.0. The van der Waals surface area contributed by atoms with Gasteiger partial charge in [0.25, 0.3) is 0 Å². The highest BCUT2D eigenvalue weighted by atomic mass is 28.4. The molecular weight excluding hydrogens is 300 g/mol. The molecule has 0 aliphatic heterocycles. The molecule has 6 heteroatoms. The van der Waals surface area contributed by atoms with Gasteiger partial charge in [0, 0.05) is 26.4 Å². The smallest absolute Gasteiger partial charge is 0.337 e. The molecule has 0 amide bonds. The van der Waals surface area contributed by atoms with Crippen LogP contribution in [0, 0.1) is 0 Å². The summed E-state index contributed by atoms with van der Waals surface area (Å²) >= 11 is 0. The third kappa shape index (κ3) is 7.39. The molecule has 0 saturated carbocycles. The first-order valence-electron chi connectivity index (χ1n) is 8.63. The van der Waals surface area contributed by atoms with Crippen molar-refractivity contribution in [3.05, 3.63) is 0 Å². The molecule has 0 saturated heterocycles. The molecule has 0 aromatic rings. The average Bonchev–Trinajstić information content (AvgIpc) is 2.48. The molecule has 128 valence electrons. The Morgan fingerprint density at radius 3 is 1.00 bits per heavy atom. The standard InChI is InChI=1S/C15H36O4Si2/c1-7-16-20(11-5,17-8-2)14-13-15-21(12-6,18-9-3)19-10-4/h7-15H2,1-6H3. The van der Waals surface area contributed by atoms with E-state index in [0.717, 1.165) is 57.0 Å². The molecule has 0 aliphatic rings. The molecule has 0 heterocycles. The van der Waals surface area contributed by atoms with Crippen LogP contribution in [0.15, 0.2) is 0 Å². The minimum atomic E-state index is -2.02. The summed E-state index contributed by atoms with van der Waals surface area (Å²) in [6.45, 7) is 15.6. The molecule has 0 atom stereocenters. The van der Waals surface area contributed by atoms with Gasteiger partial charge in [0.05, 0.1) is 0 Å². The van der Waals surface area contributed by atoms with Gasteiger partial charge in [0.2, 0.25) is 0 Å². The van der Waals surface area contributed by atoms with E-state index in [9.17, 15) is 0 Å². The Kier molecular flexibility index (Phi) is 11.9. The van der Waals surface area contributed by atoms with Crippen molar-refractivity contribution in [1.82, 2.24) is 0 Å². The van der Waals surface area contributed by atoms with E-state index in [1.54, 1.807) is 0 Å². The molecule has 0 N–H and O–H groups in total. The zero-order chi connectivity index (χ0) is 16.2. The van der Waals surface area contributed by atoms with E-state index in [0.29, 0.717) is 0 Å². The first-order chi connectivity index (χ1) is 10.1. The van der Waals surface area contributed by atoms with E-state index in [-0.39, 0.29) is 0 Å². The van der Waals surface area contributed by atoms with Crippen LogP contribution >= 0.6 is 0 Å². The Labute approximate surface area is 134 Å². The molecule has 0 bridgehead atoms. The van der Waals surface area contributed by atoms with Crippen molar-refractivity contribution in [2.75, 3.05) is 26.4 Å². The highest BCUT2D eigenvalue weighted by Gasteiger charge is 2.39. The Hall–Kier alpha value is 0.274. The molecule has 0 unspecified atom stereocenters. The normalized spacial score (nSPS) is 12.9. The minimum Gasteiger partial charge on any atom is -0.394 e. The molecule has 0 aliphatic carbocycles. The van der Waals surface area contributed by atoms with Crippen LogP contribution in [0.1, 0.15) is 48.0 Å². The third-order valence-electron chi connectivity index (χ3n) is 3.82. The predicted molar refractivity (Wildman–Crippen MR) is 93.2 cm³/mol. The van der Waals surface area contributed by atoms with E-state index >= 15 is 0 Å². The van der Waals surface area contributed by atoms with Gasteiger partial charge in [0.15, 0.2) is 0 Å². The molecule has 0 aromatic carbocycles. The number of hydrogen-bond donors (Lipinski definition) is 0. The lowest BCUT2D eigenvalue weighted by Crippen LogP contribution is -2.44. The van der Waals surface area contributed by atoms with E-state index in [1.165, 1.54) is 0 Å². The van der Waals surface area contributed by atoms with Gasteiger partial charge in [-0.1, -0.05) is 13.8 Å². The van der Waals surface area contributed by atoms with Crippen molar-refractivity contribution >= 4 is 17.1 Å². The van der Waals surface area contributed by atoms with Crippen LogP contribution in [-0.4, -0.2) is 43.5 Å².